The molecule has 1 unspecified atom stereocenters. The SMILES string of the molecule is COC(=O)[C@@H](Nc1ccccc1-c1ccccc1)C(C)C=S(=O)=O. The fraction of sp³-hybridized carbons (Fsp3) is 0.222. The molecule has 0 saturated carbocycles. The summed E-state index contributed by atoms with van der Waals surface area (Å²) in [4.78, 5) is 12.1. The quantitative estimate of drug-likeness (QED) is 0.644. The highest BCUT2D eigenvalue weighted by Crippen LogP contribution is 2.28. The van der Waals surface area contributed by atoms with Gasteiger partial charge in [-0.15, -0.1) is 0 Å². The van der Waals surface area contributed by atoms with Crippen molar-refractivity contribution < 1.29 is 17.9 Å². The Bertz CT molecular complexity index is 823. The Morgan fingerprint density at radius 3 is 2.33 bits per heavy atom. The second-order valence-electron chi connectivity index (χ2n) is 5.31. The van der Waals surface area contributed by atoms with Crippen LogP contribution in [-0.2, 0) is 19.8 Å². The molecule has 0 fully saturated rings. The van der Waals surface area contributed by atoms with Gasteiger partial charge in [0.2, 0.25) is 10.3 Å². The van der Waals surface area contributed by atoms with Crippen LogP contribution in [0.5, 0.6) is 0 Å². The molecule has 2 rings (SSSR count). The second-order valence-corrected chi connectivity index (χ2v) is 6.11. The molecule has 126 valence electrons. The maximum atomic E-state index is 12.1. The van der Waals surface area contributed by atoms with Crippen LogP contribution < -0.4 is 5.32 Å². The molecule has 0 aliphatic rings. The summed E-state index contributed by atoms with van der Waals surface area (Å²) in [5, 5.41) is 4.21. The van der Waals surface area contributed by atoms with E-state index in [2.05, 4.69) is 5.32 Å². The van der Waals surface area contributed by atoms with Crippen LogP contribution in [0.4, 0.5) is 5.69 Å². The van der Waals surface area contributed by atoms with Gasteiger partial charge in [0.05, 0.1) is 7.11 Å². The summed E-state index contributed by atoms with van der Waals surface area (Å²) in [6, 6.07) is 16.5. The first-order chi connectivity index (χ1) is 11.5. The molecule has 6 heteroatoms. The van der Waals surface area contributed by atoms with E-state index in [9.17, 15) is 13.2 Å². The van der Waals surface area contributed by atoms with Crippen LogP contribution in [0.25, 0.3) is 11.1 Å². The third kappa shape index (κ3) is 4.45. The Balaban J connectivity index is 2.40. The Labute approximate surface area is 142 Å². The van der Waals surface area contributed by atoms with Crippen molar-refractivity contribution >= 4 is 27.3 Å². The highest BCUT2D eigenvalue weighted by atomic mass is 32.2. The maximum absolute atomic E-state index is 12.1. The molecular weight excluding hydrogens is 326 g/mol. The summed E-state index contributed by atoms with van der Waals surface area (Å²) in [5.41, 5.74) is 2.65. The van der Waals surface area contributed by atoms with Crippen molar-refractivity contribution in [3.05, 3.63) is 54.6 Å². The van der Waals surface area contributed by atoms with Crippen molar-refractivity contribution in [1.82, 2.24) is 0 Å². The van der Waals surface area contributed by atoms with Gasteiger partial charge in [0.25, 0.3) is 0 Å². The largest absolute Gasteiger partial charge is 0.467 e. The smallest absolute Gasteiger partial charge is 0.328 e. The van der Waals surface area contributed by atoms with Crippen molar-refractivity contribution in [2.45, 2.75) is 13.0 Å². The van der Waals surface area contributed by atoms with E-state index >= 15 is 0 Å². The molecule has 0 heterocycles. The van der Waals surface area contributed by atoms with E-state index in [0.29, 0.717) is 0 Å². The van der Waals surface area contributed by atoms with Crippen LogP contribution in [0.2, 0.25) is 0 Å². The van der Waals surface area contributed by atoms with Crippen LogP contribution >= 0.6 is 0 Å². The van der Waals surface area contributed by atoms with Crippen LogP contribution in [0.3, 0.4) is 0 Å². The molecule has 5 nitrogen and oxygen atoms in total. The first kappa shape index (κ1) is 17.7. The number of methoxy groups -OCH3 is 1. The third-order valence-corrected chi connectivity index (χ3v) is 4.28. The van der Waals surface area contributed by atoms with Crippen LogP contribution in [0.1, 0.15) is 6.92 Å². The number of carbonyl (C=O) groups is 1. The number of carbonyl (C=O) groups excluding carboxylic acids is 1. The lowest BCUT2D eigenvalue weighted by Gasteiger charge is -2.22. The fourth-order valence-electron chi connectivity index (χ4n) is 2.43. The summed E-state index contributed by atoms with van der Waals surface area (Å²) >= 11 is 0. The summed E-state index contributed by atoms with van der Waals surface area (Å²) in [5.74, 6) is -1.08. The normalized spacial score (nSPS) is 12.8. The van der Waals surface area contributed by atoms with Gasteiger partial charge in [0.1, 0.15) is 6.04 Å². The van der Waals surface area contributed by atoms with Gasteiger partial charge in [-0.25, -0.2) is 4.79 Å². The van der Waals surface area contributed by atoms with Gasteiger partial charge in [-0.3, -0.25) is 0 Å². The Kier molecular flexibility index (Phi) is 6.14. The number of benzene rings is 2. The number of ether oxygens (including phenoxy) is 1. The van der Waals surface area contributed by atoms with Crippen molar-refractivity contribution in [1.29, 1.82) is 0 Å². The zero-order valence-electron chi connectivity index (χ0n) is 13.5. The summed E-state index contributed by atoms with van der Waals surface area (Å²) in [6.07, 6.45) is 0. The van der Waals surface area contributed by atoms with Gasteiger partial charge in [-0.1, -0.05) is 55.5 Å². The first-order valence-electron chi connectivity index (χ1n) is 7.44. The number of hydrogen-bond donors (Lipinski definition) is 1. The summed E-state index contributed by atoms with van der Waals surface area (Å²) in [7, 11) is -1.08. The zero-order valence-corrected chi connectivity index (χ0v) is 14.3. The van der Waals surface area contributed by atoms with E-state index in [1.807, 2.05) is 54.6 Å². The van der Waals surface area contributed by atoms with Crippen molar-refractivity contribution in [3.63, 3.8) is 0 Å². The molecule has 0 aromatic heterocycles. The Morgan fingerprint density at radius 1 is 1.08 bits per heavy atom. The molecule has 0 aliphatic carbocycles. The zero-order chi connectivity index (χ0) is 17.5. The first-order valence-corrected chi connectivity index (χ1v) is 8.58. The molecule has 0 spiro atoms. The molecule has 0 bridgehead atoms. The van der Waals surface area contributed by atoms with E-state index in [-0.39, 0.29) is 0 Å². The number of nitrogens with one attached hydrogen (secondary N) is 1. The van der Waals surface area contributed by atoms with Gasteiger partial charge in [-0.2, -0.15) is 8.42 Å². The van der Waals surface area contributed by atoms with Crippen LogP contribution in [0.15, 0.2) is 54.6 Å². The predicted octanol–water partition coefficient (Wildman–Crippen LogP) is 2.62. The number of rotatable bonds is 6. The molecule has 0 saturated heterocycles. The average molecular weight is 345 g/mol. The Morgan fingerprint density at radius 2 is 1.71 bits per heavy atom. The maximum Gasteiger partial charge on any atom is 0.328 e. The molecular formula is C18H19NO4S. The lowest BCUT2D eigenvalue weighted by atomic mass is 10.0. The molecule has 2 atom stereocenters. The number of hydrogen-bond acceptors (Lipinski definition) is 5. The van der Waals surface area contributed by atoms with E-state index in [1.54, 1.807) is 6.92 Å². The van der Waals surface area contributed by atoms with E-state index in [0.717, 1.165) is 22.2 Å². The highest BCUT2D eigenvalue weighted by Gasteiger charge is 2.26. The standard InChI is InChI=1S/C18H19NO4S/c1-13(12-24(21)22)17(18(20)23-2)19-16-11-7-6-10-15(16)14-8-4-3-5-9-14/h3-13,17,19H,1-2H3/t13?,17-/m0/s1. The molecule has 2 aromatic carbocycles. The summed E-state index contributed by atoms with van der Waals surface area (Å²) < 4.78 is 26.7. The van der Waals surface area contributed by atoms with Crippen molar-refractivity contribution in [3.8, 4) is 11.1 Å². The highest BCUT2D eigenvalue weighted by molar-refractivity contribution is 7.71. The van der Waals surface area contributed by atoms with E-state index < -0.39 is 28.2 Å². The van der Waals surface area contributed by atoms with Crippen LogP contribution in [0, 0.1) is 5.92 Å². The molecule has 0 amide bonds. The van der Waals surface area contributed by atoms with Crippen LogP contribution in [-0.4, -0.2) is 32.9 Å². The van der Waals surface area contributed by atoms with Gasteiger partial charge in [-0.05, 0) is 11.6 Å². The number of para-hydroxylation sites is 1. The topological polar surface area (TPSA) is 72.5 Å². The molecule has 0 radical (unpaired) electrons. The number of esters is 1. The van der Waals surface area contributed by atoms with Crippen molar-refractivity contribution in [2.75, 3.05) is 12.4 Å². The van der Waals surface area contributed by atoms with Gasteiger partial charge < -0.3 is 10.1 Å². The minimum Gasteiger partial charge on any atom is -0.467 e. The van der Waals surface area contributed by atoms with Gasteiger partial charge in [0, 0.05) is 22.5 Å². The van der Waals surface area contributed by atoms with Gasteiger partial charge in [0.15, 0.2) is 0 Å². The molecule has 24 heavy (non-hydrogen) atoms. The third-order valence-electron chi connectivity index (χ3n) is 3.63. The monoisotopic (exact) mass is 345 g/mol. The summed E-state index contributed by atoms with van der Waals surface area (Å²) in [6.45, 7) is 1.65. The van der Waals surface area contributed by atoms with Crippen molar-refractivity contribution in [2.24, 2.45) is 5.92 Å². The molecule has 1 N–H and O–H groups in total. The van der Waals surface area contributed by atoms with E-state index in [1.165, 1.54) is 7.11 Å². The predicted molar refractivity (Wildman–Crippen MR) is 95.5 cm³/mol. The average Bonchev–Trinajstić information content (AvgIpc) is 2.59. The lowest BCUT2D eigenvalue weighted by molar-refractivity contribution is -0.142. The fourth-order valence-corrected chi connectivity index (χ4v) is 2.94. The molecule has 2 aromatic rings. The Hall–Kier alpha value is -2.60. The van der Waals surface area contributed by atoms with Gasteiger partial charge >= 0.3 is 5.97 Å². The second kappa shape index (κ2) is 8.31. The van der Waals surface area contributed by atoms with E-state index in [4.69, 9.17) is 4.74 Å². The lowest BCUT2D eigenvalue weighted by Crippen LogP contribution is -2.37. The molecule has 0 aliphatic heterocycles. The number of anilines is 1. The minimum absolute atomic E-state index is 0.521. The minimum atomic E-state index is -2.36.